The van der Waals surface area contributed by atoms with Crippen LogP contribution in [0.15, 0.2) is 0 Å². The Morgan fingerprint density at radius 3 is 1.85 bits per heavy atom. The van der Waals surface area contributed by atoms with Crippen molar-refractivity contribution in [2.45, 2.75) is 33.3 Å². The summed E-state index contributed by atoms with van der Waals surface area (Å²) in [7, 11) is 0. The number of aliphatic hydroxyl groups excluding tert-OH is 2. The topological polar surface area (TPSA) is 61.7 Å². The lowest BCUT2D eigenvalue weighted by Crippen LogP contribution is -2.41. The SMILES string of the molecule is CC(CO)(CO)CNOC(C)(C)C. The van der Waals surface area contributed by atoms with E-state index in [1.807, 2.05) is 20.8 Å². The molecule has 80 valence electrons. The molecule has 0 unspecified atom stereocenters. The molecule has 0 bridgehead atoms. The van der Waals surface area contributed by atoms with E-state index in [4.69, 9.17) is 15.1 Å². The highest BCUT2D eigenvalue weighted by Gasteiger charge is 2.23. The highest BCUT2D eigenvalue weighted by Crippen LogP contribution is 2.13. The lowest BCUT2D eigenvalue weighted by atomic mass is 9.94. The van der Waals surface area contributed by atoms with Crippen molar-refractivity contribution in [3.8, 4) is 0 Å². The molecule has 0 aromatic carbocycles. The molecule has 0 atom stereocenters. The van der Waals surface area contributed by atoms with Crippen molar-refractivity contribution >= 4 is 0 Å². The zero-order chi connectivity index (χ0) is 10.5. The fourth-order valence-electron chi connectivity index (χ4n) is 0.589. The number of hydrogen-bond acceptors (Lipinski definition) is 4. The first-order valence-corrected chi connectivity index (χ1v) is 4.45. The zero-order valence-electron chi connectivity index (χ0n) is 8.92. The summed E-state index contributed by atoms with van der Waals surface area (Å²) in [5.41, 5.74) is 1.97. The summed E-state index contributed by atoms with van der Waals surface area (Å²) in [5, 5.41) is 17.9. The van der Waals surface area contributed by atoms with E-state index in [2.05, 4.69) is 5.48 Å². The van der Waals surface area contributed by atoms with Crippen LogP contribution in [0.4, 0.5) is 0 Å². The minimum atomic E-state index is -0.523. The van der Waals surface area contributed by atoms with Crippen molar-refractivity contribution in [3.63, 3.8) is 0 Å². The highest BCUT2D eigenvalue weighted by atomic mass is 16.7. The van der Waals surface area contributed by atoms with Crippen LogP contribution in [-0.2, 0) is 4.84 Å². The Morgan fingerprint density at radius 1 is 1.08 bits per heavy atom. The zero-order valence-corrected chi connectivity index (χ0v) is 8.92. The summed E-state index contributed by atoms with van der Waals surface area (Å²) in [6.45, 7) is 7.86. The molecule has 0 saturated heterocycles. The van der Waals surface area contributed by atoms with Gasteiger partial charge in [0.15, 0.2) is 0 Å². The Bertz CT molecular complexity index is 138. The maximum absolute atomic E-state index is 8.96. The average Bonchev–Trinajstić information content (AvgIpc) is 2.02. The lowest BCUT2D eigenvalue weighted by Gasteiger charge is -2.27. The number of nitrogens with one attached hydrogen (secondary N) is 1. The summed E-state index contributed by atoms with van der Waals surface area (Å²) >= 11 is 0. The van der Waals surface area contributed by atoms with Gasteiger partial charge in [0.25, 0.3) is 0 Å². The van der Waals surface area contributed by atoms with Gasteiger partial charge in [-0.1, -0.05) is 6.92 Å². The van der Waals surface area contributed by atoms with Gasteiger partial charge in [-0.25, -0.2) is 5.48 Å². The van der Waals surface area contributed by atoms with Gasteiger partial charge in [-0.15, -0.1) is 0 Å². The van der Waals surface area contributed by atoms with Crippen LogP contribution in [0, 0.1) is 5.41 Å². The molecule has 0 amide bonds. The van der Waals surface area contributed by atoms with Crippen LogP contribution >= 0.6 is 0 Å². The molecule has 0 aromatic rings. The van der Waals surface area contributed by atoms with Gasteiger partial charge in [-0.05, 0) is 20.8 Å². The first kappa shape index (κ1) is 12.8. The minimum absolute atomic E-state index is 0.0655. The molecule has 4 heteroatoms. The number of aliphatic hydroxyl groups is 2. The Hall–Kier alpha value is -0.160. The molecular formula is C9H21NO3. The second-order valence-corrected chi connectivity index (χ2v) is 4.66. The molecule has 0 aromatic heterocycles. The molecule has 0 aliphatic heterocycles. The van der Waals surface area contributed by atoms with Crippen LogP contribution in [0.1, 0.15) is 27.7 Å². The van der Waals surface area contributed by atoms with Gasteiger partial charge in [-0.3, -0.25) is 4.84 Å². The average molecular weight is 191 g/mol. The van der Waals surface area contributed by atoms with Crippen LogP contribution in [0.3, 0.4) is 0 Å². The molecule has 0 spiro atoms. The van der Waals surface area contributed by atoms with Gasteiger partial charge in [0.1, 0.15) is 0 Å². The number of rotatable bonds is 5. The van der Waals surface area contributed by atoms with Crippen LogP contribution in [0.2, 0.25) is 0 Å². The largest absolute Gasteiger partial charge is 0.396 e. The maximum atomic E-state index is 8.96. The van der Waals surface area contributed by atoms with Gasteiger partial charge in [0.2, 0.25) is 0 Å². The summed E-state index contributed by atoms with van der Waals surface area (Å²) < 4.78 is 0. The summed E-state index contributed by atoms with van der Waals surface area (Å²) in [6.07, 6.45) is 0. The molecule has 0 saturated carbocycles. The third-order valence-corrected chi connectivity index (χ3v) is 1.64. The standard InChI is InChI=1S/C9H21NO3/c1-8(2,3)13-10-5-9(4,6-11)7-12/h10-12H,5-7H2,1-4H3. The Morgan fingerprint density at radius 2 is 1.54 bits per heavy atom. The van der Waals surface area contributed by atoms with E-state index < -0.39 is 5.41 Å². The van der Waals surface area contributed by atoms with Crippen molar-refractivity contribution in [2.24, 2.45) is 5.41 Å². The first-order chi connectivity index (χ1) is 5.83. The Balaban J connectivity index is 3.74. The molecule has 3 N–H and O–H groups in total. The summed E-state index contributed by atoms with van der Waals surface area (Å²) in [4.78, 5) is 5.26. The van der Waals surface area contributed by atoms with E-state index in [9.17, 15) is 0 Å². The molecular weight excluding hydrogens is 170 g/mol. The molecule has 0 rings (SSSR count). The summed E-state index contributed by atoms with van der Waals surface area (Å²) in [6, 6.07) is 0. The van der Waals surface area contributed by atoms with E-state index in [1.165, 1.54) is 0 Å². The first-order valence-electron chi connectivity index (χ1n) is 4.45. The van der Waals surface area contributed by atoms with E-state index in [0.717, 1.165) is 0 Å². The molecule has 0 aliphatic rings. The van der Waals surface area contributed by atoms with Crippen molar-refractivity contribution in [1.82, 2.24) is 5.48 Å². The Labute approximate surface area is 79.9 Å². The summed E-state index contributed by atoms with van der Waals surface area (Å²) in [5.74, 6) is 0. The van der Waals surface area contributed by atoms with Crippen LogP contribution in [0.25, 0.3) is 0 Å². The molecule has 0 radical (unpaired) electrons. The van der Waals surface area contributed by atoms with E-state index in [-0.39, 0.29) is 18.8 Å². The smallest absolute Gasteiger partial charge is 0.0812 e. The lowest BCUT2D eigenvalue weighted by molar-refractivity contribution is -0.0925. The third kappa shape index (κ3) is 5.99. The molecule has 0 fully saturated rings. The van der Waals surface area contributed by atoms with E-state index >= 15 is 0 Å². The van der Waals surface area contributed by atoms with Crippen LogP contribution in [-0.4, -0.2) is 35.6 Å². The number of hydroxylamine groups is 1. The van der Waals surface area contributed by atoms with Gasteiger partial charge in [-0.2, -0.15) is 0 Å². The van der Waals surface area contributed by atoms with Crippen LogP contribution < -0.4 is 5.48 Å². The van der Waals surface area contributed by atoms with Gasteiger partial charge in [0, 0.05) is 12.0 Å². The minimum Gasteiger partial charge on any atom is -0.396 e. The second kappa shape index (κ2) is 4.91. The van der Waals surface area contributed by atoms with E-state index in [1.54, 1.807) is 6.92 Å². The molecule has 0 aliphatic carbocycles. The van der Waals surface area contributed by atoms with Crippen molar-refractivity contribution in [1.29, 1.82) is 0 Å². The van der Waals surface area contributed by atoms with Crippen molar-refractivity contribution in [3.05, 3.63) is 0 Å². The van der Waals surface area contributed by atoms with Gasteiger partial charge in [0.05, 0.1) is 18.8 Å². The number of hydrogen-bond donors (Lipinski definition) is 3. The molecule has 0 heterocycles. The molecule has 13 heavy (non-hydrogen) atoms. The van der Waals surface area contributed by atoms with Crippen molar-refractivity contribution in [2.75, 3.05) is 19.8 Å². The van der Waals surface area contributed by atoms with Gasteiger partial charge >= 0.3 is 0 Å². The van der Waals surface area contributed by atoms with Crippen LogP contribution in [0.5, 0.6) is 0 Å². The van der Waals surface area contributed by atoms with E-state index in [0.29, 0.717) is 6.54 Å². The monoisotopic (exact) mass is 191 g/mol. The highest BCUT2D eigenvalue weighted by molar-refractivity contribution is 4.73. The fourth-order valence-corrected chi connectivity index (χ4v) is 0.589. The molecule has 4 nitrogen and oxygen atoms in total. The third-order valence-electron chi connectivity index (χ3n) is 1.64. The van der Waals surface area contributed by atoms with Crippen molar-refractivity contribution < 1.29 is 15.1 Å². The Kier molecular flexibility index (Phi) is 4.85. The quantitative estimate of drug-likeness (QED) is 0.547. The predicted molar refractivity (Wildman–Crippen MR) is 51.1 cm³/mol. The van der Waals surface area contributed by atoms with Gasteiger partial charge < -0.3 is 10.2 Å². The fraction of sp³-hybridized carbons (Fsp3) is 1.00. The normalized spacial score (nSPS) is 13.4. The maximum Gasteiger partial charge on any atom is 0.0812 e. The second-order valence-electron chi connectivity index (χ2n) is 4.66. The predicted octanol–water partition coefficient (Wildman–Crippen LogP) is 0.297.